The Hall–Kier alpha value is -1.50. The Kier molecular flexibility index (Phi) is 6.37. The average Bonchev–Trinajstić information content (AvgIpc) is 2.75. The van der Waals surface area contributed by atoms with Gasteiger partial charge in [-0.25, -0.2) is 0 Å². The molecule has 148 valence electrons. The highest BCUT2D eigenvalue weighted by atomic mass is 16.5. The number of hydrogen-bond donors (Lipinski definition) is 0. The number of ether oxygens (including phenoxy) is 1. The summed E-state index contributed by atoms with van der Waals surface area (Å²) >= 11 is 0. The van der Waals surface area contributed by atoms with E-state index in [9.17, 15) is 4.79 Å². The lowest BCUT2D eigenvalue weighted by Gasteiger charge is -2.43. The Morgan fingerprint density at radius 2 is 1.93 bits per heavy atom. The summed E-state index contributed by atoms with van der Waals surface area (Å²) in [6.45, 7) is 8.29. The van der Waals surface area contributed by atoms with Gasteiger partial charge in [-0.1, -0.05) is 6.07 Å². The molecule has 0 N–H and O–H groups in total. The van der Waals surface area contributed by atoms with E-state index in [-0.39, 0.29) is 5.92 Å². The van der Waals surface area contributed by atoms with Crippen LogP contribution in [0.2, 0.25) is 0 Å². The molecule has 1 amide bonds. The van der Waals surface area contributed by atoms with Gasteiger partial charge >= 0.3 is 0 Å². The van der Waals surface area contributed by atoms with Crippen molar-refractivity contribution in [1.82, 2.24) is 19.7 Å². The first-order valence-electron chi connectivity index (χ1n) is 10.5. The van der Waals surface area contributed by atoms with Crippen LogP contribution in [0, 0.1) is 5.92 Å². The fourth-order valence-corrected chi connectivity index (χ4v) is 4.77. The van der Waals surface area contributed by atoms with E-state index in [0.29, 0.717) is 25.2 Å². The molecule has 1 atom stereocenters. The van der Waals surface area contributed by atoms with E-state index >= 15 is 0 Å². The van der Waals surface area contributed by atoms with Crippen LogP contribution in [0.5, 0.6) is 0 Å². The maximum Gasteiger partial charge on any atom is 0.227 e. The van der Waals surface area contributed by atoms with Gasteiger partial charge in [-0.2, -0.15) is 0 Å². The zero-order chi connectivity index (χ0) is 18.5. The fourth-order valence-electron chi connectivity index (χ4n) is 4.77. The molecule has 0 radical (unpaired) electrons. The highest BCUT2D eigenvalue weighted by Gasteiger charge is 2.33. The van der Waals surface area contributed by atoms with Gasteiger partial charge in [0.15, 0.2) is 0 Å². The number of aromatic nitrogens is 1. The van der Waals surface area contributed by atoms with Crippen molar-refractivity contribution in [3.63, 3.8) is 0 Å². The Morgan fingerprint density at radius 1 is 1.11 bits per heavy atom. The minimum Gasteiger partial charge on any atom is -0.378 e. The van der Waals surface area contributed by atoms with Crippen molar-refractivity contribution < 1.29 is 9.53 Å². The Bertz CT molecular complexity index is 597. The van der Waals surface area contributed by atoms with Crippen LogP contribution in [0.1, 0.15) is 31.2 Å². The van der Waals surface area contributed by atoms with E-state index in [1.165, 1.54) is 18.4 Å². The van der Waals surface area contributed by atoms with Crippen molar-refractivity contribution >= 4 is 5.91 Å². The third-order valence-electron chi connectivity index (χ3n) is 6.33. The summed E-state index contributed by atoms with van der Waals surface area (Å²) < 4.78 is 5.39. The number of carbonyl (C=O) groups is 1. The molecule has 3 aliphatic rings. The predicted octanol–water partition coefficient (Wildman–Crippen LogP) is 1.62. The van der Waals surface area contributed by atoms with Crippen LogP contribution in [-0.4, -0.2) is 84.1 Å². The first kappa shape index (κ1) is 18.8. The summed E-state index contributed by atoms with van der Waals surface area (Å²) in [5.74, 6) is 0.544. The molecule has 0 unspecified atom stereocenters. The van der Waals surface area contributed by atoms with Crippen LogP contribution < -0.4 is 0 Å². The minimum atomic E-state index is 0.185. The Balaban J connectivity index is 1.26. The van der Waals surface area contributed by atoms with E-state index in [4.69, 9.17) is 4.74 Å². The lowest BCUT2D eigenvalue weighted by atomic mass is 9.92. The van der Waals surface area contributed by atoms with E-state index in [1.54, 1.807) is 0 Å². The number of nitrogens with zero attached hydrogens (tertiary/aromatic N) is 4. The van der Waals surface area contributed by atoms with Crippen LogP contribution in [0.3, 0.4) is 0 Å². The molecule has 1 aromatic rings. The van der Waals surface area contributed by atoms with Crippen LogP contribution in [-0.2, 0) is 16.1 Å². The van der Waals surface area contributed by atoms with E-state index in [2.05, 4.69) is 20.9 Å². The van der Waals surface area contributed by atoms with Crippen molar-refractivity contribution in [2.45, 2.75) is 38.3 Å². The van der Waals surface area contributed by atoms with E-state index in [0.717, 1.165) is 58.7 Å². The second-order valence-corrected chi connectivity index (χ2v) is 8.14. The maximum absolute atomic E-state index is 12.9. The molecule has 0 bridgehead atoms. The highest BCUT2D eigenvalue weighted by molar-refractivity contribution is 5.79. The molecule has 0 aromatic carbocycles. The molecule has 6 nitrogen and oxygen atoms in total. The largest absolute Gasteiger partial charge is 0.378 e. The molecular formula is C21H32N4O2. The summed E-state index contributed by atoms with van der Waals surface area (Å²) in [5.41, 5.74) is 1.30. The number of rotatable bonds is 4. The third kappa shape index (κ3) is 4.86. The van der Waals surface area contributed by atoms with Crippen LogP contribution in [0.4, 0.5) is 0 Å². The summed E-state index contributed by atoms with van der Waals surface area (Å²) in [7, 11) is 0. The molecular weight excluding hydrogens is 340 g/mol. The summed E-state index contributed by atoms with van der Waals surface area (Å²) in [6, 6.07) is 4.81. The first-order chi connectivity index (χ1) is 13.3. The van der Waals surface area contributed by atoms with Gasteiger partial charge in [-0.05, 0) is 56.9 Å². The summed E-state index contributed by atoms with van der Waals surface area (Å²) in [5, 5.41) is 0. The van der Waals surface area contributed by atoms with Gasteiger partial charge in [-0.15, -0.1) is 0 Å². The molecule has 4 rings (SSSR count). The van der Waals surface area contributed by atoms with Crippen LogP contribution in [0.15, 0.2) is 24.5 Å². The van der Waals surface area contributed by atoms with E-state index < -0.39 is 0 Å². The Labute approximate surface area is 162 Å². The molecule has 0 spiro atoms. The molecule has 3 saturated heterocycles. The molecule has 3 aliphatic heterocycles. The monoisotopic (exact) mass is 372 g/mol. The zero-order valence-corrected chi connectivity index (χ0v) is 16.3. The van der Waals surface area contributed by atoms with E-state index in [1.807, 2.05) is 23.4 Å². The normalized spacial score (nSPS) is 26.2. The fraction of sp³-hybridized carbons (Fsp3) is 0.714. The molecule has 6 heteroatoms. The number of pyridine rings is 1. The van der Waals surface area contributed by atoms with Crippen molar-refractivity contribution in [3.05, 3.63) is 30.1 Å². The van der Waals surface area contributed by atoms with Crippen molar-refractivity contribution in [3.8, 4) is 0 Å². The van der Waals surface area contributed by atoms with Gasteiger partial charge in [-0.3, -0.25) is 19.6 Å². The van der Waals surface area contributed by atoms with Crippen molar-refractivity contribution in [2.75, 3.05) is 52.5 Å². The summed E-state index contributed by atoms with van der Waals surface area (Å²) in [6.07, 6.45) is 8.42. The number of carbonyl (C=O) groups excluding carboxylic acids is 1. The standard InChI is InChI=1S/C21H32N4O2/c26-21(24-11-13-27-14-12-24)19-4-2-8-25(17-19)20-5-9-23(10-6-20)16-18-3-1-7-22-15-18/h1,3,7,15,19-20H,2,4-6,8-14,16-17H2/t19-/m1/s1. The molecule has 4 heterocycles. The zero-order valence-electron chi connectivity index (χ0n) is 16.3. The second-order valence-electron chi connectivity index (χ2n) is 8.14. The van der Waals surface area contributed by atoms with Crippen molar-refractivity contribution in [1.29, 1.82) is 0 Å². The quantitative estimate of drug-likeness (QED) is 0.804. The second kappa shape index (κ2) is 9.13. The molecule has 3 fully saturated rings. The third-order valence-corrected chi connectivity index (χ3v) is 6.33. The smallest absolute Gasteiger partial charge is 0.227 e. The predicted molar refractivity (Wildman–Crippen MR) is 104 cm³/mol. The van der Waals surface area contributed by atoms with Crippen molar-refractivity contribution in [2.24, 2.45) is 5.92 Å². The highest BCUT2D eigenvalue weighted by Crippen LogP contribution is 2.26. The van der Waals surface area contributed by atoms with Gasteiger partial charge in [0.05, 0.1) is 19.1 Å². The van der Waals surface area contributed by atoms with Crippen LogP contribution >= 0.6 is 0 Å². The van der Waals surface area contributed by atoms with Gasteiger partial charge < -0.3 is 9.64 Å². The minimum absolute atomic E-state index is 0.185. The van der Waals surface area contributed by atoms with Gasteiger partial charge in [0.2, 0.25) is 5.91 Å². The number of likely N-dealkylation sites (tertiary alicyclic amines) is 2. The number of piperidine rings is 2. The van der Waals surface area contributed by atoms with Gasteiger partial charge in [0.1, 0.15) is 0 Å². The lowest BCUT2D eigenvalue weighted by Crippen LogP contribution is -2.52. The number of amides is 1. The number of morpholine rings is 1. The van der Waals surface area contributed by atoms with Gasteiger partial charge in [0, 0.05) is 44.6 Å². The maximum atomic E-state index is 12.9. The molecule has 0 saturated carbocycles. The Morgan fingerprint density at radius 3 is 2.67 bits per heavy atom. The molecule has 1 aromatic heterocycles. The van der Waals surface area contributed by atoms with Crippen LogP contribution in [0.25, 0.3) is 0 Å². The van der Waals surface area contributed by atoms with Gasteiger partial charge in [0.25, 0.3) is 0 Å². The SMILES string of the molecule is O=C([C@@H]1CCCN(C2CCN(Cc3cccnc3)CC2)C1)N1CCOCC1. The summed E-state index contributed by atoms with van der Waals surface area (Å²) in [4.78, 5) is 24.3. The molecule has 0 aliphatic carbocycles. The molecule has 27 heavy (non-hydrogen) atoms. The lowest BCUT2D eigenvalue weighted by molar-refractivity contribution is -0.142. The average molecular weight is 373 g/mol. The topological polar surface area (TPSA) is 48.9 Å². The first-order valence-corrected chi connectivity index (χ1v) is 10.5. The number of hydrogen-bond acceptors (Lipinski definition) is 5.